The molecule has 1 amide bonds. The first-order valence-corrected chi connectivity index (χ1v) is 3.70. The summed E-state index contributed by atoms with van der Waals surface area (Å²) in [6.07, 6.45) is 2.94. The first-order valence-electron chi connectivity index (χ1n) is 3.70. The zero-order valence-corrected chi connectivity index (χ0v) is 5.76. The van der Waals surface area contributed by atoms with Crippen molar-refractivity contribution in [2.75, 3.05) is 6.54 Å². The number of amides is 1. The van der Waals surface area contributed by atoms with Gasteiger partial charge in [0.1, 0.15) is 5.84 Å². The van der Waals surface area contributed by atoms with E-state index in [2.05, 4.69) is 10.3 Å². The second-order valence-corrected chi connectivity index (χ2v) is 2.86. The van der Waals surface area contributed by atoms with Crippen molar-refractivity contribution in [1.29, 1.82) is 0 Å². The van der Waals surface area contributed by atoms with Gasteiger partial charge in [-0.15, -0.1) is 0 Å². The lowest BCUT2D eigenvalue weighted by Crippen LogP contribution is -2.25. The molecule has 0 aromatic heterocycles. The maximum atomic E-state index is 10.8. The molecule has 10 heavy (non-hydrogen) atoms. The molecule has 0 radical (unpaired) electrons. The molecule has 0 saturated carbocycles. The lowest BCUT2D eigenvalue weighted by Gasteiger charge is -2.12. The summed E-state index contributed by atoms with van der Waals surface area (Å²) in [4.78, 5) is 15.0. The molecular formula is C7H10N2O. The van der Waals surface area contributed by atoms with Crippen LogP contribution in [0.4, 0.5) is 0 Å². The molecule has 1 saturated heterocycles. The summed E-state index contributed by atoms with van der Waals surface area (Å²) in [5.41, 5.74) is 0. The molecular weight excluding hydrogens is 128 g/mol. The normalized spacial score (nSPS) is 31.0. The van der Waals surface area contributed by atoms with E-state index in [1.807, 2.05) is 0 Å². The SMILES string of the molecule is O=C1CC2CCCN=C2N1. The minimum atomic E-state index is 0.144. The van der Waals surface area contributed by atoms with Crippen molar-refractivity contribution < 1.29 is 4.79 Å². The van der Waals surface area contributed by atoms with Crippen LogP contribution in [0.2, 0.25) is 0 Å². The Labute approximate surface area is 59.5 Å². The van der Waals surface area contributed by atoms with E-state index in [9.17, 15) is 4.79 Å². The molecule has 2 heterocycles. The number of nitrogens with zero attached hydrogens (tertiary/aromatic N) is 1. The van der Waals surface area contributed by atoms with Crippen molar-refractivity contribution in [2.24, 2.45) is 10.9 Å². The third-order valence-corrected chi connectivity index (χ3v) is 2.08. The minimum absolute atomic E-state index is 0.144. The standard InChI is InChI=1S/C7H10N2O/c10-6-4-5-2-1-3-8-7(5)9-6/h5H,1-4H2,(H,8,9,10). The fourth-order valence-electron chi connectivity index (χ4n) is 1.56. The van der Waals surface area contributed by atoms with E-state index in [0.29, 0.717) is 12.3 Å². The summed E-state index contributed by atoms with van der Waals surface area (Å²) in [5, 5.41) is 2.77. The Morgan fingerprint density at radius 3 is 3.30 bits per heavy atom. The molecule has 54 valence electrons. The van der Waals surface area contributed by atoms with Crippen LogP contribution in [0.25, 0.3) is 0 Å². The molecule has 1 N–H and O–H groups in total. The number of carbonyl (C=O) groups is 1. The summed E-state index contributed by atoms with van der Waals surface area (Å²) in [5.74, 6) is 1.52. The summed E-state index contributed by atoms with van der Waals surface area (Å²) in [6, 6.07) is 0. The molecule has 1 fully saturated rings. The van der Waals surface area contributed by atoms with E-state index in [1.54, 1.807) is 0 Å². The predicted molar refractivity (Wildman–Crippen MR) is 37.8 cm³/mol. The number of aliphatic imine (C=N–C) groups is 1. The van der Waals surface area contributed by atoms with Crippen LogP contribution in [-0.2, 0) is 4.79 Å². The largest absolute Gasteiger partial charge is 0.314 e. The first-order chi connectivity index (χ1) is 4.86. The predicted octanol–water partition coefficient (Wildman–Crippen LogP) is 0.315. The Kier molecular flexibility index (Phi) is 1.22. The van der Waals surface area contributed by atoms with Gasteiger partial charge < -0.3 is 5.32 Å². The van der Waals surface area contributed by atoms with E-state index in [1.165, 1.54) is 0 Å². The average Bonchev–Trinajstić information content (AvgIpc) is 2.27. The van der Waals surface area contributed by atoms with Crippen LogP contribution in [0, 0.1) is 5.92 Å². The summed E-state index contributed by atoms with van der Waals surface area (Å²) >= 11 is 0. The van der Waals surface area contributed by atoms with Gasteiger partial charge in [-0.1, -0.05) is 0 Å². The van der Waals surface area contributed by atoms with Crippen LogP contribution < -0.4 is 5.32 Å². The van der Waals surface area contributed by atoms with Gasteiger partial charge in [0.25, 0.3) is 0 Å². The molecule has 0 spiro atoms. The Hall–Kier alpha value is -0.860. The summed E-state index contributed by atoms with van der Waals surface area (Å²) < 4.78 is 0. The lowest BCUT2D eigenvalue weighted by molar-refractivity contribution is -0.118. The Morgan fingerprint density at radius 1 is 1.60 bits per heavy atom. The third kappa shape index (κ3) is 0.818. The van der Waals surface area contributed by atoms with Crippen LogP contribution in [0.15, 0.2) is 4.99 Å². The van der Waals surface area contributed by atoms with Crippen molar-refractivity contribution in [2.45, 2.75) is 19.3 Å². The van der Waals surface area contributed by atoms with Crippen LogP contribution in [0.5, 0.6) is 0 Å². The van der Waals surface area contributed by atoms with Gasteiger partial charge in [-0.05, 0) is 12.8 Å². The lowest BCUT2D eigenvalue weighted by atomic mass is 9.99. The smallest absolute Gasteiger partial charge is 0.226 e. The number of hydrogen-bond donors (Lipinski definition) is 1. The number of rotatable bonds is 0. The van der Waals surface area contributed by atoms with E-state index < -0.39 is 0 Å². The van der Waals surface area contributed by atoms with Crippen molar-refractivity contribution in [1.82, 2.24) is 5.32 Å². The number of hydrogen-bond acceptors (Lipinski definition) is 2. The molecule has 0 bridgehead atoms. The Morgan fingerprint density at radius 2 is 2.50 bits per heavy atom. The number of carbonyl (C=O) groups excluding carboxylic acids is 1. The molecule has 3 nitrogen and oxygen atoms in total. The molecule has 1 unspecified atom stereocenters. The number of fused-ring (bicyclic) bond motifs is 1. The maximum absolute atomic E-state index is 10.8. The van der Waals surface area contributed by atoms with Crippen molar-refractivity contribution in [3.63, 3.8) is 0 Å². The highest BCUT2D eigenvalue weighted by Gasteiger charge is 2.29. The van der Waals surface area contributed by atoms with Gasteiger partial charge in [-0.2, -0.15) is 0 Å². The second-order valence-electron chi connectivity index (χ2n) is 2.86. The second kappa shape index (κ2) is 2.08. The quantitative estimate of drug-likeness (QED) is 0.514. The Bertz CT molecular complexity index is 198. The number of nitrogens with one attached hydrogen (secondary N) is 1. The highest BCUT2D eigenvalue weighted by Crippen LogP contribution is 2.21. The molecule has 0 aliphatic carbocycles. The number of amidine groups is 1. The third-order valence-electron chi connectivity index (χ3n) is 2.08. The van der Waals surface area contributed by atoms with Gasteiger partial charge in [0, 0.05) is 18.9 Å². The van der Waals surface area contributed by atoms with E-state index >= 15 is 0 Å². The van der Waals surface area contributed by atoms with E-state index in [4.69, 9.17) is 0 Å². The van der Waals surface area contributed by atoms with Gasteiger partial charge in [-0.25, -0.2) is 0 Å². The maximum Gasteiger partial charge on any atom is 0.226 e. The molecule has 2 aliphatic heterocycles. The molecule has 0 aromatic rings. The van der Waals surface area contributed by atoms with E-state index in [-0.39, 0.29) is 5.91 Å². The van der Waals surface area contributed by atoms with Gasteiger partial charge in [0.2, 0.25) is 5.91 Å². The molecule has 3 heteroatoms. The van der Waals surface area contributed by atoms with Gasteiger partial charge in [0.15, 0.2) is 0 Å². The van der Waals surface area contributed by atoms with Crippen molar-refractivity contribution in [3.05, 3.63) is 0 Å². The van der Waals surface area contributed by atoms with Gasteiger partial charge in [-0.3, -0.25) is 9.79 Å². The fourth-order valence-corrected chi connectivity index (χ4v) is 1.56. The average molecular weight is 138 g/mol. The summed E-state index contributed by atoms with van der Waals surface area (Å²) in [7, 11) is 0. The molecule has 1 atom stereocenters. The Balaban J connectivity index is 2.20. The summed E-state index contributed by atoms with van der Waals surface area (Å²) in [6.45, 7) is 0.895. The van der Waals surface area contributed by atoms with E-state index in [0.717, 1.165) is 25.2 Å². The monoisotopic (exact) mass is 138 g/mol. The molecule has 2 aliphatic rings. The minimum Gasteiger partial charge on any atom is -0.314 e. The highest BCUT2D eigenvalue weighted by atomic mass is 16.2. The molecule has 0 aromatic carbocycles. The molecule has 2 rings (SSSR count). The fraction of sp³-hybridized carbons (Fsp3) is 0.714. The van der Waals surface area contributed by atoms with Crippen LogP contribution >= 0.6 is 0 Å². The van der Waals surface area contributed by atoms with Gasteiger partial charge >= 0.3 is 0 Å². The zero-order chi connectivity index (χ0) is 6.97. The van der Waals surface area contributed by atoms with Crippen molar-refractivity contribution >= 4 is 11.7 Å². The first kappa shape index (κ1) is 5.89. The van der Waals surface area contributed by atoms with Crippen molar-refractivity contribution in [3.8, 4) is 0 Å². The van der Waals surface area contributed by atoms with Crippen LogP contribution in [0.3, 0.4) is 0 Å². The van der Waals surface area contributed by atoms with Crippen LogP contribution in [-0.4, -0.2) is 18.3 Å². The topological polar surface area (TPSA) is 41.5 Å². The van der Waals surface area contributed by atoms with Gasteiger partial charge in [0.05, 0.1) is 0 Å². The van der Waals surface area contributed by atoms with Crippen LogP contribution in [0.1, 0.15) is 19.3 Å². The highest BCUT2D eigenvalue weighted by molar-refractivity contribution is 6.06. The zero-order valence-electron chi connectivity index (χ0n) is 5.76.